The largest absolute Gasteiger partial charge is 0.478 e. The van der Waals surface area contributed by atoms with Gasteiger partial charge in [0.05, 0.1) is 11.3 Å². The lowest BCUT2D eigenvalue weighted by Gasteiger charge is -2.18. The molecule has 3 rings (SSSR count). The van der Waals surface area contributed by atoms with Gasteiger partial charge >= 0.3 is 12.1 Å². The second kappa shape index (κ2) is 8.82. The Balaban J connectivity index is 2.05. The molecule has 0 bridgehead atoms. The van der Waals surface area contributed by atoms with Crippen LogP contribution in [0.5, 0.6) is 0 Å². The molecular weight excluding hydrogens is 463 g/mol. The van der Waals surface area contributed by atoms with Crippen LogP contribution in [0.3, 0.4) is 0 Å². The molecule has 12 heteroatoms. The van der Waals surface area contributed by atoms with E-state index >= 15 is 0 Å². The minimum absolute atomic E-state index is 0.0789. The third kappa shape index (κ3) is 5.48. The quantitative estimate of drug-likeness (QED) is 0.320. The fraction of sp³-hybridized carbons (Fsp3) is 0.190. The summed E-state index contributed by atoms with van der Waals surface area (Å²) in [6.45, 7) is 4.47. The van der Waals surface area contributed by atoms with Crippen molar-refractivity contribution in [2.24, 2.45) is 0 Å². The van der Waals surface area contributed by atoms with Crippen LogP contribution in [-0.4, -0.2) is 34.4 Å². The Morgan fingerprint density at radius 2 is 1.76 bits per heavy atom. The lowest BCUT2D eigenvalue weighted by molar-refractivity contribution is -0.137. The molecule has 0 radical (unpaired) electrons. The molecule has 0 fully saturated rings. The number of carboxylic acid groups (broad SMARTS) is 1. The number of hydrogen-bond acceptors (Lipinski definition) is 6. The molecule has 0 amide bonds. The molecule has 3 aromatic rings. The van der Waals surface area contributed by atoms with Crippen LogP contribution in [0.25, 0.3) is 0 Å². The van der Waals surface area contributed by atoms with Gasteiger partial charge in [0.15, 0.2) is 0 Å². The molecule has 0 unspecified atom stereocenters. The number of aryl methyl sites for hydroxylation is 1. The van der Waals surface area contributed by atoms with E-state index in [1.165, 1.54) is 26.3 Å². The molecule has 3 N–H and O–H groups in total. The predicted molar refractivity (Wildman–Crippen MR) is 117 cm³/mol. The molecule has 0 saturated carbocycles. The summed E-state index contributed by atoms with van der Waals surface area (Å²) in [6.07, 6.45) is -4.22. The summed E-state index contributed by atoms with van der Waals surface area (Å²) < 4.78 is 67.4. The highest BCUT2D eigenvalue weighted by Crippen LogP contribution is 2.40. The van der Waals surface area contributed by atoms with Crippen molar-refractivity contribution in [1.82, 2.24) is 9.97 Å². The third-order valence-corrected chi connectivity index (χ3v) is 6.17. The molecule has 1 aromatic heterocycles. The fourth-order valence-electron chi connectivity index (χ4n) is 3.02. The van der Waals surface area contributed by atoms with E-state index < -0.39 is 42.0 Å². The standard InChI is InChI=1S/C21H19F4N4O3P/c1-11-8-12(19(30)31)14(22)9-16(11)28-20-26-10-13(21(23,24)25)18(29-20)27-15-6-4-5-7-17(15)33(2,3)32/h4-10H,1-3H3,(H,30,31)(H2,26,27,28,29). The Bertz CT molecular complexity index is 1270. The van der Waals surface area contributed by atoms with E-state index in [-0.39, 0.29) is 17.3 Å². The number of hydrogen-bond donors (Lipinski definition) is 3. The van der Waals surface area contributed by atoms with E-state index in [0.717, 1.165) is 12.1 Å². The van der Waals surface area contributed by atoms with Crippen molar-refractivity contribution in [1.29, 1.82) is 0 Å². The van der Waals surface area contributed by atoms with E-state index in [9.17, 15) is 26.9 Å². The van der Waals surface area contributed by atoms with Crippen molar-refractivity contribution in [2.75, 3.05) is 24.0 Å². The average molecular weight is 482 g/mol. The Hall–Kier alpha value is -3.46. The molecule has 0 atom stereocenters. The second-order valence-corrected chi connectivity index (χ2v) is 10.7. The Morgan fingerprint density at radius 3 is 2.36 bits per heavy atom. The number of benzene rings is 2. The lowest BCUT2D eigenvalue weighted by Crippen LogP contribution is -2.16. The molecule has 2 aromatic carbocycles. The number of carbonyl (C=O) groups is 1. The number of rotatable bonds is 6. The van der Waals surface area contributed by atoms with Crippen LogP contribution >= 0.6 is 7.14 Å². The fourth-order valence-corrected chi connectivity index (χ4v) is 4.18. The van der Waals surface area contributed by atoms with Crippen LogP contribution in [0.2, 0.25) is 0 Å². The maximum Gasteiger partial charge on any atom is 0.421 e. The third-order valence-electron chi connectivity index (χ3n) is 4.62. The summed E-state index contributed by atoms with van der Waals surface area (Å²) in [5.74, 6) is -3.37. The Kier molecular flexibility index (Phi) is 6.46. The van der Waals surface area contributed by atoms with E-state index in [4.69, 9.17) is 5.11 Å². The van der Waals surface area contributed by atoms with Gasteiger partial charge in [-0.1, -0.05) is 12.1 Å². The number of anilines is 4. The maximum atomic E-state index is 14.1. The molecule has 174 valence electrons. The van der Waals surface area contributed by atoms with Crippen molar-refractivity contribution in [3.05, 3.63) is 65.1 Å². The predicted octanol–water partition coefficient (Wildman–Crippen LogP) is 5.38. The van der Waals surface area contributed by atoms with Crippen molar-refractivity contribution < 1.29 is 32.0 Å². The minimum Gasteiger partial charge on any atom is -0.478 e. The zero-order chi connectivity index (χ0) is 24.6. The van der Waals surface area contributed by atoms with Gasteiger partial charge < -0.3 is 20.3 Å². The Labute approximate surface area is 186 Å². The smallest absolute Gasteiger partial charge is 0.421 e. The highest BCUT2D eigenvalue weighted by Gasteiger charge is 2.36. The zero-order valence-corrected chi connectivity index (χ0v) is 18.6. The number of carboxylic acids is 1. The summed E-state index contributed by atoms with van der Waals surface area (Å²) in [7, 11) is -2.83. The van der Waals surface area contributed by atoms with Crippen molar-refractivity contribution in [3.63, 3.8) is 0 Å². The molecule has 0 spiro atoms. The van der Waals surface area contributed by atoms with E-state index in [2.05, 4.69) is 20.6 Å². The lowest BCUT2D eigenvalue weighted by atomic mass is 10.1. The van der Waals surface area contributed by atoms with Gasteiger partial charge in [-0.05, 0) is 50.1 Å². The first-order chi connectivity index (χ1) is 15.3. The first-order valence-electron chi connectivity index (χ1n) is 9.43. The normalized spacial score (nSPS) is 11.8. The highest BCUT2D eigenvalue weighted by atomic mass is 31.2. The average Bonchev–Trinajstić information content (AvgIpc) is 2.69. The summed E-state index contributed by atoms with van der Waals surface area (Å²) in [5, 5.41) is 14.6. The van der Waals surface area contributed by atoms with Crippen LogP contribution in [0.15, 0.2) is 42.6 Å². The number of alkyl halides is 3. The number of nitrogens with one attached hydrogen (secondary N) is 2. The minimum atomic E-state index is -4.79. The molecule has 1 heterocycles. The molecule has 0 aliphatic heterocycles. The van der Waals surface area contributed by atoms with Gasteiger partial charge in [-0.15, -0.1) is 0 Å². The van der Waals surface area contributed by atoms with Crippen molar-refractivity contribution in [2.45, 2.75) is 13.1 Å². The molecular formula is C21H19F4N4O3P. The van der Waals surface area contributed by atoms with Gasteiger partial charge in [0.25, 0.3) is 0 Å². The number of nitrogens with zero attached hydrogens (tertiary/aromatic N) is 2. The van der Waals surface area contributed by atoms with Gasteiger partial charge in [-0.3, -0.25) is 0 Å². The number of aromatic nitrogens is 2. The molecule has 7 nitrogen and oxygen atoms in total. The zero-order valence-electron chi connectivity index (χ0n) is 17.7. The van der Waals surface area contributed by atoms with Crippen LogP contribution < -0.4 is 15.9 Å². The summed E-state index contributed by atoms with van der Waals surface area (Å²) in [5.41, 5.74) is -1.12. The molecule has 0 saturated heterocycles. The van der Waals surface area contributed by atoms with Crippen LogP contribution in [0.1, 0.15) is 21.5 Å². The highest BCUT2D eigenvalue weighted by molar-refractivity contribution is 7.70. The molecule has 0 aliphatic rings. The van der Waals surface area contributed by atoms with Gasteiger partial charge in [0, 0.05) is 17.2 Å². The topological polar surface area (TPSA) is 104 Å². The van der Waals surface area contributed by atoms with E-state index in [1.807, 2.05) is 0 Å². The molecule has 0 aliphatic carbocycles. The van der Waals surface area contributed by atoms with Crippen LogP contribution in [0.4, 0.5) is 40.7 Å². The first-order valence-corrected chi connectivity index (χ1v) is 12.0. The number of halogens is 4. The number of aromatic carboxylic acids is 1. The van der Waals surface area contributed by atoms with Gasteiger partial charge in [-0.25, -0.2) is 14.2 Å². The monoisotopic (exact) mass is 482 g/mol. The van der Waals surface area contributed by atoms with Crippen molar-refractivity contribution in [3.8, 4) is 0 Å². The van der Waals surface area contributed by atoms with Gasteiger partial charge in [0.1, 0.15) is 24.3 Å². The Morgan fingerprint density at radius 1 is 1.09 bits per heavy atom. The van der Waals surface area contributed by atoms with Crippen LogP contribution in [-0.2, 0) is 10.7 Å². The SMILES string of the molecule is Cc1cc(C(=O)O)c(F)cc1Nc1ncc(C(F)(F)F)c(Nc2ccccc2P(C)(C)=O)n1. The second-order valence-electron chi connectivity index (χ2n) is 7.52. The van der Waals surface area contributed by atoms with Crippen molar-refractivity contribution >= 4 is 41.6 Å². The maximum absolute atomic E-state index is 14.1. The number of para-hydroxylation sites is 1. The van der Waals surface area contributed by atoms with Crippen LogP contribution in [0, 0.1) is 12.7 Å². The summed E-state index contributed by atoms with van der Waals surface area (Å²) in [6, 6.07) is 8.20. The van der Waals surface area contributed by atoms with Gasteiger partial charge in [-0.2, -0.15) is 18.2 Å². The molecule has 33 heavy (non-hydrogen) atoms. The first kappa shape index (κ1) is 24.2. The van der Waals surface area contributed by atoms with Gasteiger partial charge in [0.2, 0.25) is 5.95 Å². The van der Waals surface area contributed by atoms with E-state index in [1.54, 1.807) is 18.2 Å². The van der Waals surface area contributed by atoms with E-state index in [0.29, 0.717) is 17.1 Å². The summed E-state index contributed by atoms with van der Waals surface area (Å²) >= 11 is 0. The summed E-state index contributed by atoms with van der Waals surface area (Å²) in [4.78, 5) is 18.6.